The molecule has 0 unspecified atom stereocenters. The van der Waals surface area contributed by atoms with Gasteiger partial charge >= 0.3 is 0 Å². The zero-order chi connectivity index (χ0) is 19.6. The van der Waals surface area contributed by atoms with Gasteiger partial charge in [0.15, 0.2) is 0 Å². The molecule has 0 spiro atoms. The van der Waals surface area contributed by atoms with Gasteiger partial charge in [0, 0.05) is 29.1 Å². The first-order chi connectivity index (χ1) is 13.5. The SMILES string of the molecule is O=S(=O)(Nc1ncns1)c1ccc(CN2CCC[C@@H]2c2ccccc2)c(Cl)c1. The summed E-state index contributed by atoms with van der Waals surface area (Å²) in [6.45, 7) is 1.68. The van der Waals surface area contributed by atoms with Crippen LogP contribution in [0.25, 0.3) is 0 Å². The van der Waals surface area contributed by atoms with E-state index in [2.05, 4.69) is 43.2 Å². The predicted molar refractivity (Wildman–Crippen MR) is 111 cm³/mol. The molecule has 1 fully saturated rings. The van der Waals surface area contributed by atoms with E-state index >= 15 is 0 Å². The van der Waals surface area contributed by atoms with Gasteiger partial charge in [-0.1, -0.05) is 48.0 Å². The van der Waals surface area contributed by atoms with Crippen LogP contribution in [0.3, 0.4) is 0 Å². The van der Waals surface area contributed by atoms with E-state index < -0.39 is 10.0 Å². The van der Waals surface area contributed by atoms with Crippen LogP contribution in [-0.2, 0) is 16.6 Å². The summed E-state index contributed by atoms with van der Waals surface area (Å²) < 4.78 is 31.2. The van der Waals surface area contributed by atoms with Gasteiger partial charge in [0.25, 0.3) is 10.0 Å². The van der Waals surface area contributed by atoms with Crippen molar-refractivity contribution in [3.8, 4) is 0 Å². The Bertz CT molecular complexity index is 1040. The third-order valence-corrected chi connectivity index (χ3v) is 7.24. The zero-order valence-electron chi connectivity index (χ0n) is 15.0. The first-order valence-corrected chi connectivity index (χ1v) is 11.5. The second-order valence-electron chi connectivity index (χ2n) is 6.64. The maximum Gasteiger partial charge on any atom is 0.263 e. The minimum absolute atomic E-state index is 0.109. The van der Waals surface area contributed by atoms with Crippen molar-refractivity contribution in [2.45, 2.75) is 30.3 Å². The monoisotopic (exact) mass is 434 g/mol. The van der Waals surface area contributed by atoms with Crippen molar-refractivity contribution >= 4 is 38.3 Å². The molecule has 0 bridgehead atoms. The number of hydrogen-bond acceptors (Lipinski definition) is 6. The third kappa shape index (κ3) is 4.20. The Morgan fingerprint density at radius 1 is 1.21 bits per heavy atom. The van der Waals surface area contributed by atoms with Gasteiger partial charge < -0.3 is 0 Å². The Hall–Kier alpha value is -2.00. The van der Waals surface area contributed by atoms with Crippen LogP contribution in [0.2, 0.25) is 5.02 Å². The van der Waals surface area contributed by atoms with Crippen LogP contribution in [0.1, 0.15) is 30.0 Å². The number of benzene rings is 2. The van der Waals surface area contributed by atoms with Crippen molar-refractivity contribution in [1.82, 2.24) is 14.3 Å². The second kappa shape index (κ2) is 8.16. The van der Waals surface area contributed by atoms with Gasteiger partial charge in [-0.25, -0.2) is 13.4 Å². The number of anilines is 1. The van der Waals surface area contributed by atoms with Crippen molar-refractivity contribution < 1.29 is 8.42 Å². The van der Waals surface area contributed by atoms with Gasteiger partial charge in [0.2, 0.25) is 5.13 Å². The maximum atomic E-state index is 12.5. The molecule has 1 atom stereocenters. The summed E-state index contributed by atoms with van der Waals surface area (Å²) in [6.07, 6.45) is 3.55. The first kappa shape index (κ1) is 19.3. The molecular weight excluding hydrogens is 416 g/mol. The van der Waals surface area contributed by atoms with Gasteiger partial charge in [0.1, 0.15) is 6.33 Å². The summed E-state index contributed by atoms with van der Waals surface area (Å²) in [5, 5.41) is 0.668. The fourth-order valence-electron chi connectivity index (χ4n) is 3.50. The number of sulfonamides is 1. The standard InChI is InChI=1S/C19H19ClN4O2S2/c20-17-11-16(28(25,26)23-19-21-13-22-27-19)9-8-15(17)12-24-10-4-7-18(24)14-5-2-1-3-6-14/h1-3,5-6,8-9,11,13,18H,4,7,10,12H2,(H,21,22,23)/t18-/m1/s1. The Balaban J connectivity index is 1.52. The Kier molecular flexibility index (Phi) is 5.63. The molecule has 3 aromatic rings. The van der Waals surface area contributed by atoms with Gasteiger partial charge in [-0.15, -0.1) is 0 Å². The van der Waals surface area contributed by atoms with Gasteiger partial charge in [-0.05, 0) is 42.6 Å². The Labute approximate surface area is 173 Å². The van der Waals surface area contributed by atoms with Gasteiger partial charge in [-0.2, -0.15) is 4.37 Å². The molecule has 0 aliphatic carbocycles. The molecule has 2 heterocycles. The van der Waals surface area contributed by atoms with Crippen LogP contribution in [0.15, 0.2) is 59.8 Å². The molecule has 1 aliphatic rings. The van der Waals surface area contributed by atoms with Crippen LogP contribution < -0.4 is 4.72 Å². The summed E-state index contributed by atoms with van der Waals surface area (Å²) >= 11 is 7.43. The quantitative estimate of drug-likeness (QED) is 0.625. The van der Waals surface area contributed by atoms with E-state index in [4.69, 9.17) is 11.6 Å². The van der Waals surface area contributed by atoms with Crippen LogP contribution in [0.5, 0.6) is 0 Å². The molecule has 1 saturated heterocycles. The molecular formula is C19H19ClN4O2S2. The molecule has 1 N–H and O–H groups in total. The van der Waals surface area contributed by atoms with Crippen molar-refractivity contribution in [2.24, 2.45) is 0 Å². The largest absolute Gasteiger partial charge is 0.292 e. The zero-order valence-corrected chi connectivity index (χ0v) is 17.3. The number of rotatable bonds is 6. The number of likely N-dealkylation sites (tertiary alicyclic amines) is 1. The van der Waals surface area contributed by atoms with Gasteiger partial charge in [0.05, 0.1) is 4.90 Å². The third-order valence-electron chi connectivity index (χ3n) is 4.84. The molecule has 9 heteroatoms. The average molecular weight is 435 g/mol. The molecule has 2 aromatic carbocycles. The summed E-state index contributed by atoms with van der Waals surface area (Å²) in [7, 11) is -3.74. The Morgan fingerprint density at radius 2 is 2.04 bits per heavy atom. The van der Waals surface area contributed by atoms with E-state index in [1.54, 1.807) is 12.1 Å². The molecule has 0 saturated carbocycles. The molecule has 4 rings (SSSR count). The van der Waals surface area contributed by atoms with Gasteiger partial charge in [-0.3, -0.25) is 9.62 Å². The van der Waals surface area contributed by atoms with Crippen molar-refractivity contribution in [3.05, 3.63) is 71.0 Å². The van der Waals surface area contributed by atoms with Crippen LogP contribution in [0.4, 0.5) is 5.13 Å². The molecule has 6 nitrogen and oxygen atoms in total. The second-order valence-corrected chi connectivity index (χ2v) is 9.51. The highest BCUT2D eigenvalue weighted by atomic mass is 35.5. The highest BCUT2D eigenvalue weighted by Gasteiger charge is 2.26. The summed E-state index contributed by atoms with van der Waals surface area (Å²) in [5.74, 6) is 0. The molecule has 1 aliphatic heterocycles. The Morgan fingerprint density at radius 3 is 2.75 bits per heavy atom. The van der Waals surface area contributed by atoms with Crippen molar-refractivity contribution in [1.29, 1.82) is 0 Å². The normalized spacial score (nSPS) is 17.7. The summed E-state index contributed by atoms with van der Waals surface area (Å²) in [4.78, 5) is 6.35. The van der Waals surface area contributed by atoms with E-state index in [1.165, 1.54) is 18.0 Å². The minimum atomic E-state index is -3.74. The van der Waals surface area contributed by atoms with E-state index in [0.29, 0.717) is 17.6 Å². The lowest BCUT2D eigenvalue weighted by Crippen LogP contribution is -2.23. The fourth-order valence-corrected chi connectivity index (χ4v) is 5.49. The smallest absolute Gasteiger partial charge is 0.263 e. The highest BCUT2D eigenvalue weighted by Crippen LogP contribution is 2.34. The number of nitrogens with one attached hydrogen (secondary N) is 1. The minimum Gasteiger partial charge on any atom is -0.292 e. The lowest BCUT2D eigenvalue weighted by molar-refractivity contribution is 0.248. The topological polar surface area (TPSA) is 75.2 Å². The van der Waals surface area contributed by atoms with E-state index in [0.717, 1.165) is 36.5 Å². The summed E-state index contributed by atoms with van der Waals surface area (Å²) in [6, 6.07) is 15.7. The van der Waals surface area contributed by atoms with Crippen LogP contribution in [-0.4, -0.2) is 29.2 Å². The number of hydrogen-bond donors (Lipinski definition) is 1. The molecule has 1 aromatic heterocycles. The number of nitrogens with zero attached hydrogens (tertiary/aromatic N) is 3. The molecule has 146 valence electrons. The van der Waals surface area contributed by atoms with Crippen molar-refractivity contribution in [3.63, 3.8) is 0 Å². The fraction of sp³-hybridized carbons (Fsp3) is 0.263. The van der Waals surface area contributed by atoms with E-state index in [9.17, 15) is 8.42 Å². The predicted octanol–water partition coefficient (Wildman–Crippen LogP) is 4.33. The number of aromatic nitrogens is 2. The van der Waals surface area contributed by atoms with Crippen LogP contribution in [0, 0.1) is 0 Å². The molecule has 0 radical (unpaired) electrons. The molecule has 0 amide bonds. The van der Waals surface area contributed by atoms with Crippen molar-refractivity contribution in [2.75, 3.05) is 11.3 Å². The maximum absolute atomic E-state index is 12.5. The molecule has 28 heavy (non-hydrogen) atoms. The van der Waals surface area contributed by atoms with E-state index in [1.807, 2.05) is 6.07 Å². The highest BCUT2D eigenvalue weighted by molar-refractivity contribution is 7.93. The van der Waals surface area contributed by atoms with E-state index in [-0.39, 0.29) is 10.0 Å². The first-order valence-electron chi connectivity index (χ1n) is 8.90. The van der Waals surface area contributed by atoms with Crippen LogP contribution >= 0.6 is 23.1 Å². The number of halogens is 1. The summed E-state index contributed by atoms with van der Waals surface area (Å²) in [5.41, 5.74) is 2.22. The average Bonchev–Trinajstić information content (AvgIpc) is 3.35. The lowest BCUT2D eigenvalue weighted by Gasteiger charge is -2.25. The lowest BCUT2D eigenvalue weighted by atomic mass is 10.0.